The highest BCUT2D eigenvalue weighted by Gasteiger charge is 1.89. The van der Waals surface area contributed by atoms with E-state index in [0.717, 1.165) is 11.4 Å². The normalized spacial score (nSPS) is 14.6. The molecule has 0 nitrogen and oxygen atoms in total. The first-order valence-corrected chi connectivity index (χ1v) is 4.52. The summed E-state index contributed by atoms with van der Waals surface area (Å²) in [6.07, 6.45) is 2.53. The molecule has 0 spiro atoms. The topological polar surface area (TPSA) is 0 Å². The SMILES string of the molecule is CC([SiH3])CCCCl. The predicted molar refractivity (Wildman–Crippen MR) is 39.3 cm³/mol. The van der Waals surface area contributed by atoms with Crippen LogP contribution in [0.1, 0.15) is 19.8 Å². The van der Waals surface area contributed by atoms with Crippen LogP contribution >= 0.6 is 11.6 Å². The van der Waals surface area contributed by atoms with Crippen molar-refractivity contribution in [2.75, 3.05) is 5.88 Å². The lowest BCUT2D eigenvalue weighted by atomic mass is 10.3. The minimum atomic E-state index is 0.840. The molecule has 0 heterocycles. The Balaban J connectivity index is 2.68. The molecule has 0 N–H and O–H groups in total. The van der Waals surface area contributed by atoms with Crippen LogP contribution in [-0.2, 0) is 0 Å². The second-order valence-corrected chi connectivity index (χ2v) is 4.57. The minimum absolute atomic E-state index is 0.840. The van der Waals surface area contributed by atoms with E-state index in [2.05, 4.69) is 6.92 Å². The van der Waals surface area contributed by atoms with E-state index in [-0.39, 0.29) is 0 Å². The van der Waals surface area contributed by atoms with Gasteiger partial charge >= 0.3 is 0 Å². The molecule has 0 aromatic rings. The molecule has 0 saturated heterocycles. The van der Waals surface area contributed by atoms with Crippen molar-refractivity contribution in [1.29, 1.82) is 0 Å². The first-order chi connectivity index (χ1) is 3.27. The van der Waals surface area contributed by atoms with Gasteiger partial charge in [-0.15, -0.1) is 11.6 Å². The monoisotopic (exact) mass is 136 g/mol. The quantitative estimate of drug-likeness (QED) is 0.404. The van der Waals surface area contributed by atoms with Gasteiger partial charge in [-0.05, 0) is 6.42 Å². The summed E-state index contributed by atoms with van der Waals surface area (Å²) in [4.78, 5) is 0. The van der Waals surface area contributed by atoms with Gasteiger partial charge in [0.1, 0.15) is 0 Å². The zero-order chi connectivity index (χ0) is 5.70. The molecule has 0 aliphatic rings. The smallest absolute Gasteiger partial charge is 0.0223 e. The van der Waals surface area contributed by atoms with Crippen LogP contribution in [0.2, 0.25) is 5.54 Å². The molecule has 0 radical (unpaired) electrons. The Bertz CT molecular complexity index is 37.1. The Morgan fingerprint density at radius 1 is 1.71 bits per heavy atom. The lowest BCUT2D eigenvalue weighted by Crippen LogP contribution is -1.84. The van der Waals surface area contributed by atoms with Crippen molar-refractivity contribution in [2.24, 2.45) is 0 Å². The third kappa shape index (κ3) is 6.51. The van der Waals surface area contributed by atoms with Crippen LogP contribution in [0.5, 0.6) is 0 Å². The summed E-state index contributed by atoms with van der Waals surface area (Å²) in [6, 6.07) is 0. The second kappa shape index (κ2) is 4.66. The summed E-state index contributed by atoms with van der Waals surface area (Å²) < 4.78 is 0. The predicted octanol–water partition coefficient (Wildman–Crippen LogP) is 1.18. The Kier molecular flexibility index (Phi) is 5.00. The first kappa shape index (κ1) is 7.51. The van der Waals surface area contributed by atoms with Crippen molar-refractivity contribution in [2.45, 2.75) is 25.3 Å². The molecule has 0 aliphatic heterocycles. The standard InChI is InChI=1S/C5H13ClSi/c1-5(7)3-2-4-6/h5H,2-4H2,1,7H3. The molecule has 0 aliphatic carbocycles. The van der Waals surface area contributed by atoms with Gasteiger partial charge in [-0.25, -0.2) is 0 Å². The van der Waals surface area contributed by atoms with E-state index in [4.69, 9.17) is 11.6 Å². The van der Waals surface area contributed by atoms with Crippen molar-refractivity contribution in [3.8, 4) is 0 Å². The van der Waals surface area contributed by atoms with Gasteiger partial charge in [0.15, 0.2) is 0 Å². The summed E-state index contributed by atoms with van der Waals surface area (Å²) in [6.45, 7) is 2.28. The number of hydrogen-bond acceptors (Lipinski definition) is 0. The Labute approximate surface area is 53.7 Å². The van der Waals surface area contributed by atoms with Crippen LogP contribution < -0.4 is 0 Å². The molecular formula is C5H13ClSi. The van der Waals surface area contributed by atoms with E-state index in [0.29, 0.717) is 0 Å². The highest BCUT2D eigenvalue weighted by Crippen LogP contribution is 2.06. The van der Waals surface area contributed by atoms with Crippen LogP contribution in [0.15, 0.2) is 0 Å². The van der Waals surface area contributed by atoms with Crippen molar-refractivity contribution >= 4 is 21.8 Å². The van der Waals surface area contributed by atoms with Crippen LogP contribution in [-0.4, -0.2) is 16.1 Å². The summed E-state index contributed by atoms with van der Waals surface area (Å²) >= 11 is 5.46. The molecule has 0 aromatic heterocycles. The number of hydrogen-bond donors (Lipinski definition) is 0. The number of alkyl halides is 1. The maximum atomic E-state index is 5.46. The van der Waals surface area contributed by atoms with Gasteiger partial charge in [0.05, 0.1) is 0 Å². The summed E-state index contributed by atoms with van der Waals surface area (Å²) in [5, 5.41) is 0. The summed E-state index contributed by atoms with van der Waals surface area (Å²) in [5.74, 6) is 0.840. The molecule has 0 saturated carbocycles. The maximum Gasteiger partial charge on any atom is 0.0223 e. The van der Waals surface area contributed by atoms with E-state index < -0.39 is 0 Å². The second-order valence-electron chi connectivity index (χ2n) is 2.23. The van der Waals surface area contributed by atoms with Gasteiger partial charge < -0.3 is 0 Å². The fourth-order valence-corrected chi connectivity index (χ4v) is 1.05. The zero-order valence-corrected chi connectivity index (χ0v) is 7.83. The molecule has 2 heteroatoms. The van der Waals surface area contributed by atoms with Gasteiger partial charge in [-0.2, -0.15) is 0 Å². The van der Waals surface area contributed by atoms with Crippen molar-refractivity contribution < 1.29 is 0 Å². The van der Waals surface area contributed by atoms with Gasteiger partial charge in [0.2, 0.25) is 0 Å². The van der Waals surface area contributed by atoms with Crippen LogP contribution in [0.3, 0.4) is 0 Å². The Morgan fingerprint density at radius 3 is 2.43 bits per heavy atom. The molecule has 0 rings (SSSR count). The maximum absolute atomic E-state index is 5.46. The molecule has 7 heavy (non-hydrogen) atoms. The molecule has 0 fully saturated rings. The summed E-state index contributed by atoms with van der Waals surface area (Å²) in [7, 11) is 1.32. The van der Waals surface area contributed by atoms with Crippen LogP contribution in [0, 0.1) is 0 Å². The summed E-state index contributed by atoms with van der Waals surface area (Å²) in [5.41, 5.74) is 0.957. The first-order valence-electron chi connectivity index (χ1n) is 2.83. The fourth-order valence-electron chi connectivity index (χ4n) is 0.485. The molecule has 0 aromatic carbocycles. The minimum Gasteiger partial charge on any atom is -0.127 e. The largest absolute Gasteiger partial charge is 0.127 e. The average Bonchev–Trinajstić information content (AvgIpc) is 1.61. The Hall–Kier alpha value is 0.507. The third-order valence-corrected chi connectivity index (χ3v) is 1.76. The number of halogens is 1. The molecule has 1 atom stereocenters. The third-order valence-electron chi connectivity index (χ3n) is 0.915. The molecular weight excluding hydrogens is 124 g/mol. The lowest BCUT2D eigenvalue weighted by Gasteiger charge is -1.97. The van der Waals surface area contributed by atoms with Gasteiger partial charge in [-0.3, -0.25) is 0 Å². The van der Waals surface area contributed by atoms with E-state index in [1.807, 2.05) is 0 Å². The number of rotatable bonds is 3. The van der Waals surface area contributed by atoms with Gasteiger partial charge in [0.25, 0.3) is 0 Å². The zero-order valence-electron chi connectivity index (χ0n) is 5.08. The molecule has 44 valence electrons. The van der Waals surface area contributed by atoms with Gasteiger partial charge in [0, 0.05) is 16.1 Å². The molecule has 0 amide bonds. The highest BCUT2D eigenvalue weighted by molar-refractivity contribution is 6.17. The highest BCUT2D eigenvalue weighted by atomic mass is 35.5. The van der Waals surface area contributed by atoms with Crippen molar-refractivity contribution in [3.05, 3.63) is 0 Å². The van der Waals surface area contributed by atoms with Gasteiger partial charge in [-0.1, -0.05) is 18.9 Å². The van der Waals surface area contributed by atoms with Crippen LogP contribution in [0.4, 0.5) is 0 Å². The lowest BCUT2D eigenvalue weighted by molar-refractivity contribution is 0.773. The Morgan fingerprint density at radius 2 is 2.29 bits per heavy atom. The average molecular weight is 137 g/mol. The van der Waals surface area contributed by atoms with E-state index in [9.17, 15) is 0 Å². The molecule has 1 unspecified atom stereocenters. The van der Waals surface area contributed by atoms with Crippen LogP contribution in [0.25, 0.3) is 0 Å². The van der Waals surface area contributed by atoms with Crippen molar-refractivity contribution in [3.63, 3.8) is 0 Å². The fraction of sp³-hybridized carbons (Fsp3) is 1.00. The molecule has 0 bridgehead atoms. The van der Waals surface area contributed by atoms with E-state index >= 15 is 0 Å². The van der Waals surface area contributed by atoms with E-state index in [1.54, 1.807) is 0 Å². The van der Waals surface area contributed by atoms with E-state index in [1.165, 1.54) is 23.1 Å². The van der Waals surface area contributed by atoms with Crippen molar-refractivity contribution in [1.82, 2.24) is 0 Å².